The zero-order valence-electron chi connectivity index (χ0n) is 21.2. The number of aromatic nitrogens is 2. The molecule has 3 fully saturated rings. The standard InChI is InChI=1S/C22H37ClN2O7Si2/c1-12(2)33(13(3)4)28-11-16-18(31-34(32-33,14(5)6)15(7)8)22(19(23)30-22)20(29-16)25-10-9-17(26)24-21(25)27/h9-10,12-16,18-20H,11H2,1-8H3,(H,24,26,27)/t16-,18+,19?,20-,22-/m1/s1. The summed E-state index contributed by atoms with van der Waals surface area (Å²) in [5.41, 5.74) is -2.23. The van der Waals surface area contributed by atoms with Crippen molar-refractivity contribution in [1.29, 1.82) is 0 Å². The molecule has 3 saturated heterocycles. The van der Waals surface area contributed by atoms with Crippen LogP contribution in [-0.4, -0.2) is 56.7 Å². The molecule has 9 nitrogen and oxygen atoms in total. The minimum atomic E-state index is -2.93. The maximum atomic E-state index is 12.7. The third-order valence-electron chi connectivity index (χ3n) is 7.50. The van der Waals surface area contributed by atoms with E-state index in [0.29, 0.717) is 0 Å². The summed E-state index contributed by atoms with van der Waals surface area (Å²) in [4.78, 5) is 26.6. The summed E-state index contributed by atoms with van der Waals surface area (Å²) >= 11 is 6.57. The Balaban J connectivity index is 1.84. The Morgan fingerprint density at radius 2 is 1.59 bits per heavy atom. The molecule has 4 rings (SSSR count). The molecule has 3 aliphatic heterocycles. The van der Waals surface area contributed by atoms with Crippen LogP contribution in [0.15, 0.2) is 21.9 Å². The lowest BCUT2D eigenvalue weighted by Crippen LogP contribution is -2.66. The van der Waals surface area contributed by atoms with Crippen molar-refractivity contribution in [2.75, 3.05) is 6.61 Å². The molecule has 0 bridgehead atoms. The van der Waals surface area contributed by atoms with Crippen LogP contribution in [0, 0.1) is 0 Å². The molecule has 0 radical (unpaired) electrons. The van der Waals surface area contributed by atoms with E-state index in [-0.39, 0.29) is 28.8 Å². The molecule has 0 amide bonds. The molecule has 4 heterocycles. The summed E-state index contributed by atoms with van der Waals surface area (Å²) in [5.74, 6) is 0. The van der Waals surface area contributed by atoms with E-state index in [2.05, 4.69) is 60.4 Å². The second-order valence-corrected chi connectivity index (χ2v) is 20.1. The van der Waals surface area contributed by atoms with E-state index >= 15 is 0 Å². The highest BCUT2D eigenvalue weighted by Crippen LogP contribution is 2.60. The monoisotopic (exact) mass is 532 g/mol. The highest BCUT2D eigenvalue weighted by molar-refractivity contribution is 6.84. The Morgan fingerprint density at radius 1 is 1.03 bits per heavy atom. The van der Waals surface area contributed by atoms with Gasteiger partial charge < -0.3 is 22.4 Å². The van der Waals surface area contributed by atoms with Crippen molar-refractivity contribution in [1.82, 2.24) is 9.55 Å². The van der Waals surface area contributed by atoms with Crippen molar-refractivity contribution in [2.24, 2.45) is 0 Å². The summed E-state index contributed by atoms with van der Waals surface area (Å²) in [6.07, 6.45) is -0.547. The summed E-state index contributed by atoms with van der Waals surface area (Å²) in [7, 11) is -5.66. The molecule has 0 saturated carbocycles. The Bertz CT molecular complexity index is 1010. The lowest BCUT2D eigenvalue weighted by Gasteiger charge is -2.51. The van der Waals surface area contributed by atoms with Crippen LogP contribution < -0.4 is 11.2 Å². The Morgan fingerprint density at radius 3 is 2.06 bits per heavy atom. The van der Waals surface area contributed by atoms with Gasteiger partial charge in [0.1, 0.15) is 12.2 Å². The molecule has 1 unspecified atom stereocenters. The van der Waals surface area contributed by atoms with E-state index in [9.17, 15) is 9.59 Å². The number of H-pyrrole nitrogens is 1. The highest BCUT2D eigenvalue weighted by atomic mass is 35.5. The first kappa shape index (κ1) is 26.3. The van der Waals surface area contributed by atoms with Gasteiger partial charge in [-0.3, -0.25) is 14.3 Å². The van der Waals surface area contributed by atoms with Crippen LogP contribution >= 0.6 is 11.6 Å². The van der Waals surface area contributed by atoms with E-state index in [1.54, 1.807) is 0 Å². The zero-order chi connectivity index (χ0) is 25.2. The normalized spacial score (nSPS) is 34.6. The van der Waals surface area contributed by atoms with E-state index in [1.165, 1.54) is 16.8 Å². The number of alkyl halides is 1. The molecule has 1 N–H and O–H groups in total. The van der Waals surface area contributed by atoms with Crippen LogP contribution in [-0.2, 0) is 22.4 Å². The lowest BCUT2D eigenvalue weighted by atomic mass is 10.0. The predicted molar refractivity (Wildman–Crippen MR) is 132 cm³/mol. The van der Waals surface area contributed by atoms with Gasteiger partial charge in [0.25, 0.3) is 5.56 Å². The molecule has 5 atom stereocenters. The number of hydrogen-bond acceptors (Lipinski definition) is 7. The summed E-state index contributed by atoms with van der Waals surface area (Å²) in [6, 6.07) is 1.28. The van der Waals surface area contributed by atoms with Crippen molar-refractivity contribution in [3.05, 3.63) is 33.1 Å². The van der Waals surface area contributed by atoms with E-state index in [0.717, 1.165) is 0 Å². The number of epoxide rings is 1. The van der Waals surface area contributed by atoms with Crippen LogP contribution in [0.2, 0.25) is 22.2 Å². The van der Waals surface area contributed by atoms with Gasteiger partial charge in [-0.2, -0.15) is 0 Å². The van der Waals surface area contributed by atoms with Crippen LogP contribution in [0.25, 0.3) is 0 Å². The third-order valence-corrected chi connectivity index (χ3v) is 18.2. The zero-order valence-corrected chi connectivity index (χ0v) is 23.9. The first-order chi connectivity index (χ1) is 15.8. The maximum absolute atomic E-state index is 12.7. The first-order valence-corrected chi connectivity index (χ1v) is 16.5. The molecule has 0 aromatic carbocycles. The second-order valence-electron chi connectivity index (χ2n) is 10.8. The largest absolute Gasteiger partial charge is 0.414 e. The molecule has 34 heavy (non-hydrogen) atoms. The smallest absolute Gasteiger partial charge is 0.335 e. The van der Waals surface area contributed by atoms with Crippen molar-refractivity contribution in [3.8, 4) is 0 Å². The van der Waals surface area contributed by atoms with Crippen LogP contribution in [0.4, 0.5) is 0 Å². The fourth-order valence-corrected chi connectivity index (χ4v) is 17.2. The summed E-state index contributed by atoms with van der Waals surface area (Å²) < 4.78 is 34.8. The van der Waals surface area contributed by atoms with Gasteiger partial charge in [-0.25, -0.2) is 4.79 Å². The lowest BCUT2D eigenvalue weighted by molar-refractivity contribution is -0.0578. The SMILES string of the molecule is CC(C)[Si]1(C(C)C)OC[C@H]2O[C@@H](n3ccc(=O)[nH]c3=O)[C@@]3(OC3Cl)[C@H]2O[Si](C(C)C)(C(C)C)O1. The van der Waals surface area contributed by atoms with E-state index in [4.69, 9.17) is 34.0 Å². The molecule has 3 aliphatic rings. The van der Waals surface area contributed by atoms with Crippen molar-refractivity contribution < 1.29 is 22.4 Å². The van der Waals surface area contributed by atoms with Gasteiger partial charge in [-0.15, -0.1) is 0 Å². The van der Waals surface area contributed by atoms with Gasteiger partial charge in [0.2, 0.25) is 0 Å². The average molecular weight is 533 g/mol. The van der Waals surface area contributed by atoms with Crippen molar-refractivity contribution >= 4 is 28.7 Å². The van der Waals surface area contributed by atoms with Crippen LogP contribution in [0.1, 0.15) is 61.6 Å². The Labute approximate surface area is 207 Å². The molecule has 1 aromatic heterocycles. The quantitative estimate of drug-likeness (QED) is 0.350. The fourth-order valence-electron chi connectivity index (χ4n) is 5.60. The fraction of sp³-hybridized carbons (Fsp3) is 0.818. The number of nitrogens with zero attached hydrogens (tertiary/aromatic N) is 1. The first-order valence-electron chi connectivity index (χ1n) is 12.1. The summed E-state index contributed by atoms with van der Waals surface area (Å²) in [6.45, 7) is 17.4. The minimum Gasteiger partial charge on any atom is -0.414 e. The molecule has 1 aromatic rings. The van der Waals surface area contributed by atoms with Crippen LogP contribution in [0.5, 0.6) is 0 Å². The Hall–Kier alpha value is -0.796. The van der Waals surface area contributed by atoms with Gasteiger partial charge in [0.05, 0.1) is 6.61 Å². The summed E-state index contributed by atoms with van der Waals surface area (Å²) in [5, 5.41) is 0. The van der Waals surface area contributed by atoms with Crippen molar-refractivity contribution in [2.45, 2.75) is 107 Å². The van der Waals surface area contributed by atoms with Gasteiger partial charge in [-0.1, -0.05) is 67.0 Å². The molecular weight excluding hydrogens is 496 g/mol. The third kappa shape index (κ3) is 3.83. The topological polar surface area (TPSA) is 104 Å². The van der Waals surface area contributed by atoms with Gasteiger partial charge >= 0.3 is 22.8 Å². The number of ether oxygens (including phenoxy) is 2. The Kier molecular flexibility index (Phi) is 6.91. The average Bonchev–Trinajstić information content (AvgIpc) is 3.29. The molecule has 0 aliphatic carbocycles. The number of aromatic amines is 1. The van der Waals surface area contributed by atoms with E-state index < -0.39 is 58.0 Å². The maximum Gasteiger partial charge on any atom is 0.335 e. The minimum absolute atomic E-state index is 0.124. The van der Waals surface area contributed by atoms with Gasteiger partial charge in [0.15, 0.2) is 17.4 Å². The number of halogens is 1. The van der Waals surface area contributed by atoms with E-state index in [1.807, 2.05) is 0 Å². The molecule has 192 valence electrons. The highest BCUT2D eigenvalue weighted by Gasteiger charge is 2.76. The van der Waals surface area contributed by atoms with Crippen molar-refractivity contribution in [3.63, 3.8) is 0 Å². The second kappa shape index (κ2) is 8.95. The number of nitrogens with one attached hydrogen (secondary N) is 1. The number of fused-ring (bicyclic) bond motifs is 2. The predicted octanol–water partition coefficient (Wildman–Crippen LogP) is 3.72. The molecular formula is C22H37ClN2O7Si2. The molecule has 1 spiro atoms. The van der Waals surface area contributed by atoms with Gasteiger partial charge in [-0.05, 0) is 22.2 Å². The number of hydrogen-bond donors (Lipinski definition) is 1. The van der Waals surface area contributed by atoms with Crippen LogP contribution in [0.3, 0.4) is 0 Å². The molecule has 12 heteroatoms. The number of rotatable bonds is 5. The van der Waals surface area contributed by atoms with Gasteiger partial charge in [0, 0.05) is 12.3 Å².